The van der Waals surface area contributed by atoms with Crippen molar-refractivity contribution in [2.45, 2.75) is 44.3 Å². The first-order valence-electron chi connectivity index (χ1n) is 15.1. The number of likely N-dealkylation sites (tertiary alicyclic amines) is 1. The lowest BCUT2D eigenvalue weighted by Gasteiger charge is -2.41. The van der Waals surface area contributed by atoms with Crippen LogP contribution in [-0.2, 0) is 17.8 Å². The standard InChI is InChI=1S/C33H36F3N7O2/c1-21-7-5-8-23-9-6-10-28(29(21)23)41-12-11-26-27(18-41)38-32(45-19-24-15-33(35,36)20-40(24)4)39-30(26)42-13-14-43(31(44)22(2)34)25(17-42)16-37-3/h5-10,24-25H,2,11-20H2,1,4H3/t24-,25-/m0/s1. The van der Waals surface area contributed by atoms with E-state index in [4.69, 9.17) is 21.3 Å². The first-order valence-corrected chi connectivity index (χ1v) is 15.1. The molecule has 0 radical (unpaired) electrons. The second-order valence-electron chi connectivity index (χ2n) is 12.2. The van der Waals surface area contributed by atoms with Gasteiger partial charge in [-0.25, -0.2) is 19.7 Å². The number of likely N-dealkylation sites (N-methyl/N-ethyl adjacent to an activating group) is 1. The van der Waals surface area contributed by atoms with Gasteiger partial charge in [-0.15, -0.1) is 0 Å². The SMILES string of the molecule is [C-]#[N+]C[C@H]1CN(c2nc(OC[C@@H]3CC(F)(F)CN3C)nc3c2CCN(c2cccc4cccc(C)c24)C3)CCN1C(=O)C(=C)F. The fourth-order valence-electron chi connectivity index (χ4n) is 6.84. The van der Waals surface area contributed by atoms with E-state index < -0.39 is 29.7 Å². The van der Waals surface area contributed by atoms with Gasteiger partial charge < -0.3 is 24.3 Å². The number of nitrogens with zero attached hydrogens (tertiary/aromatic N) is 7. The van der Waals surface area contributed by atoms with Crippen LogP contribution in [0.25, 0.3) is 15.6 Å². The minimum absolute atomic E-state index is 0.00257. The van der Waals surface area contributed by atoms with E-state index in [1.54, 1.807) is 11.9 Å². The summed E-state index contributed by atoms with van der Waals surface area (Å²) in [4.78, 5) is 32.8. The summed E-state index contributed by atoms with van der Waals surface area (Å²) in [6.45, 7) is 14.4. The number of fused-ring (bicyclic) bond motifs is 2. The van der Waals surface area contributed by atoms with Crippen molar-refractivity contribution >= 4 is 28.2 Å². The molecule has 3 aliphatic rings. The number of aromatic nitrogens is 2. The van der Waals surface area contributed by atoms with Gasteiger partial charge in [0.05, 0.1) is 18.8 Å². The zero-order chi connectivity index (χ0) is 31.9. The molecule has 1 amide bonds. The summed E-state index contributed by atoms with van der Waals surface area (Å²) < 4.78 is 48.0. The molecule has 12 heteroatoms. The Bertz CT molecular complexity index is 1670. The first kappa shape index (κ1) is 30.6. The number of piperazine rings is 1. The van der Waals surface area contributed by atoms with Crippen LogP contribution in [0, 0.1) is 13.5 Å². The molecule has 0 spiro atoms. The van der Waals surface area contributed by atoms with Gasteiger partial charge in [-0.1, -0.05) is 36.9 Å². The molecular weight excluding hydrogens is 583 g/mol. The fourth-order valence-corrected chi connectivity index (χ4v) is 6.84. The third-order valence-electron chi connectivity index (χ3n) is 9.07. The molecule has 1 aromatic heterocycles. The van der Waals surface area contributed by atoms with Crippen LogP contribution in [0.1, 0.15) is 23.2 Å². The highest BCUT2D eigenvalue weighted by atomic mass is 19.3. The summed E-state index contributed by atoms with van der Waals surface area (Å²) in [5.74, 6) is -4.01. The largest absolute Gasteiger partial charge is 0.462 e. The highest BCUT2D eigenvalue weighted by Crippen LogP contribution is 2.36. The molecule has 0 aliphatic carbocycles. The van der Waals surface area contributed by atoms with Crippen LogP contribution >= 0.6 is 0 Å². The summed E-state index contributed by atoms with van der Waals surface area (Å²) in [6, 6.07) is 11.6. The van der Waals surface area contributed by atoms with Gasteiger partial charge in [-0.2, -0.15) is 9.97 Å². The van der Waals surface area contributed by atoms with Crippen molar-refractivity contribution in [3.05, 3.63) is 77.0 Å². The van der Waals surface area contributed by atoms with Crippen LogP contribution in [0.2, 0.25) is 0 Å². The monoisotopic (exact) mass is 619 g/mol. The molecule has 9 nitrogen and oxygen atoms in total. The highest BCUT2D eigenvalue weighted by Gasteiger charge is 2.43. The Morgan fingerprint density at radius 3 is 2.62 bits per heavy atom. The van der Waals surface area contributed by atoms with Gasteiger partial charge in [0.1, 0.15) is 18.5 Å². The fraction of sp³-hybridized carbons (Fsp3) is 0.455. The van der Waals surface area contributed by atoms with E-state index in [0.29, 0.717) is 31.9 Å². The van der Waals surface area contributed by atoms with Crippen LogP contribution in [0.5, 0.6) is 6.01 Å². The van der Waals surface area contributed by atoms with Gasteiger partial charge in [-0.05, 0) is 37.4 Å². The minimum Gasteiger partial charge on any atom is -0.462 e. The van der Waals surface area contributed by atoms with Crippen molar-refractivity contribution in [3.8, 4) is 6.01 Å². The second kappa shape index (κ2) is 12.2. The number of rotatable bonds is 7. The summed E-state index contributed by atoms with van der Waals surface area (Å²) in [7, 11) is 1.66. The highest BCUT2D eigenvalue weighted by molar-refractivity contribution is 5.97. The van der Waals surface area contributed by atoms with E-state index in [9.17, 15) is 18.0 Å². The van der Waals surface area contributed by atoms with Crippen molar-refractivity contribution in [2.24, 2.45) is 0 Å². The number of alkyl halides is 2. The number of aryl methyl sites for hydroxylation is 1. The third-order valence-corrected chi connectivity index (χ3v) is 9.07. The maximum atomic E-state index is 14.1. The zero-order valence-electron chi connectivity index (χ0n) is 25.5. The van der Waals surface area contributed by atoms with E-state index in [1.165, 1.54) is 15.8 Å². The number of halogens is 3. The number of carbonyl (C=O) groups excluding carboxylic acids is 1. The second-order valence-corrected chi connectivity index (χ2v) is 12.2. The summed E-state index contributed by atoms with van der Waals surface area (Å²) >= 11 is 0. The molecule has 6 rings (SSSR count). The molecule has 2 atom stereocenters. The Hall–Kier alpha value is -4.37. The number of amides is 1. The molecule has 0 unspecified atom stereocenters. The van der Waals surface area contributed by atoms with Gasteiger partial charge in [0.25, 0.3) is 11.8 Å². The van der Waals surface area contributed by atoms with Crippen molar-refractivity contribution < 1.29 is 22.7 Å². The maximum Gasteiger partial charge on any atom is 0.318 e. The average molecular weight is 620 g/mol. The number of anilines is 2. The van der Waals surface area contributed by atoms with E-state index in [0.717, 1.165) is 22.3 Å². The number of hydrogen-bond acceptors (Lipinski definition) is 7. The van der Waals surface area contributed by atoms with Gasteiger partial charge in [0, 0.05) is 55.3 Å². The third kappa shape index (κ3) is 6.14. The van der Waals surface area contributed by atoms with E-state index in [1.807, 2.05) is 17.0 Å². The lowest BCUT2D eigenvalue weighted by Crippen LogP contribution is -2.57. The molecule has 3 aromatic rings. The molecule has 236 valence electrons. The van der Waals surface area contributed by atoms with Gasteiger partial charge in [-0.3, -0.25) is 9.69 Å². The van der Waals surface area contributed by atoms with E-state index in [-0.39, 0.29) is 45.2 Å². The topological polar surface area (TPSA) is 69.4 Å². The molecule has 0 saturated carbocycles. The maximum absolute atomic E-state index is 14.1. The predicted molar refractivity (Wildman–Crippen MR) is 166 cm³/mol. The molecule has 3 aliphatic heterocycles. The quantitative estimate of drug-likeness (QED) is 0.282. The number of benzene rings is 2. The van der Waals surface area contributed by atoms with Crippen molar-refractivity contribution in [1.29, 1.82) is 0 Å². The van der Waals surface area contributed by atoms with Crippen LogP contribution in [0.15, 0.2) is 48.8 Å². The molecule has 2 saturated heterocycles. The van der Waals surface area contributed by atoms with E-state index in [2.05, 4.69) is 47.5 Å². The van der Waals surface area contributed by atoms with Gasteiger partial charge in [0.15, 0.2) is 5.83 Å². The normalized spacial score (nSPS) is 21.5. The number of hydrogen-bond donors (Lipinski definition) is 0. The molecule has 0 bridgehead atoms. The van der Waals surface area contributed by atoms with Gasteiger partial charge in [0.2, 0.25) is 6.54 Å². The van der Waals surface area contributed by atoms with Crippen LogP contribution in [-0.4, -0.2) is 96.6 Å². The molecule has 4 heterocycles. The molecule has 0 N–H and O–H groups in total. The predicted octanol–water partition coefficient (Wildman–Crippen LogP) is 4.64. The first-order chi connectivity index (χ1) is 21.5. The lowest BCUT2D eigenvalue weighted by molar-refractivity contribution is -0.131. The Morgan fingerprint density at radius 2 is 1.91 bits per heavy atom. The van der Waals surface area contributed by atoms with Crippen molar-refractivity contribution in [2.75, 3.05) is 62.7 Å². The Morgan fingerprint density at radius 1 is 1.13 bits per heavy atom. The Kier molecular flexibility index (Phi) is 8.31. The average Bonchev–Trinajstić information content (AvgIpc) is 3.29. The molecule has 2 aromatic carbocycles. The molecular formula is C33H36F3N7O2. The van der Waals surface area contributed by atoms with E-state index >= 15 is 0 Å². The molecule has 45 heavy (non-hydrogen) atoms. The van der Waals surface area contributed by atoms with Crippen LogP contribution in [0.3, 0.4) is 0 Å². The Balaban J connectivity index is 1.34. The smallest absolute Gasteiger partial charge is 0.318 e. The van der Waals surface area contributed by atoms with Crippen molar-refractivity contribution in [3.63, 3.8) is 0 Å². The summed E-state index contributed by atoms with van der Waals surface area (Å²) in [5, 5.41) is 2.33. The number of ether oxygens (including phenoxy) is 1. The number of carbonyl (C=O) groups is 1. The Labute approximate surface area is 260 Å². The van der Waals surface area contributed by atoms with Crippen LogP contribution in [0.4, 0.5) is 24.7 Å². The summed E-state index contributed by atoms with van der Waals surface area (Å²) in [5.41, 5.74) is 3.99. The van der Waals surface area contributed by atoms with Gasteiger partial charge >= 0.3 is 6.01 Å². The summed E-state index contributed by atoms with van der Waals surface area (Å²) in [6.07, 6.45) is 0.336. The van der Waals surface area contributed by atoms with Crippen LogP contribution < -0.4 is 14.5 Å². The minimum atomic E-state index is -2.78. The molecule has 2 fully saturated rings. The lowest BCUT2D eigenvalue weighted by atomic mass is 9.99. The van der Waals surface area contributed by atoms with Crippen molar-refractivity contribution in [1.82, 2.24) is 19.8 Å². The zero-order valence-corrected chi connectivity index (χ0v) is 25.5.